The third kappa shape index (κ3) is 3.15. The van der Waals surface area contributed by atoms with E-state index in [0.29, 0.717) is 11.8 Å². The van der Waals surface area contributed by atoms with Gasteiger partial charge in [-0.15, -0.1) is 0 Å². The third-order valence-corrected chi connectivity index (χ3v) is 4.69. The molecule has 2 rings (SSSR count). The van der Waals surface area contributed by atoms with Crippen LogP contribution in [0.2, 0.25) is 0 Å². The van der Waals surface area contributed by atoms with Gasteiger partial charge in [-0.2, -0.15) is 0 Å². The molecule has 2 nitrogen and oxygen atoms in total. The molecule has 0 radical (unpaired) electrons. The Morgan fingerprint density at radius 2 is 1.90 bits per heavy atom. The Balaban J connectivity index is 2.42. The summed E-state index contributed by atoms with van der Waals surface area (Å²) in [5, 5.41) is 3.44. The molecular formula is C17H22BrNO. The molecule has 3 unspecified atom stereocenters. The van der Waals surface area contributed by atoms with Crippen molar-refractivity contribution in [1.82, 2.24) is 5.32 Å². The predicted molar refractivity (Wildman–Crippen MR) is 86.8 cm³/mol. The van der Waals surface area contributed by atoms with E-state index >= 15 is 0 Å². The van der Waals surface area contributed by atoms with E-state index in [9.17, 15) is 0 Å². The van der Waals surface area contributed by atoms with Crippen LogP contribution in [-0.2, 0) is 0 Å². The number of nitrogens with one attached hydrogen (secondary N) is 1. The summed E-state index contributed by atoms with van der Waals surface area (Å²) in [6.07, 6.45) is 2.87. The van der Waals surface area contributed by atoms with Crippen LogP contribution in [0.1, 0.15) is 43.6 Å². The molecule has 0 aliphatic rings. The van der Waals surface area contributed by atoms with Gasteiger partial charge in [0.2, 0.25) is 0 Å². The van der Waals surface area contributed by atoms with Crippen molar-refractivity contribution in [2.45, 2.75) is 32.2 Å². The predicted octanol–water partition coefficient (Wildman–Crippen LogP) is 5.13. The minimum absolute atomic E-state index is 0.164. The van der Waals surface area contributed by atoms with Gasteiger partial charge in [-0.05, 0) is 40.5 Å². The lowest BCUT2D eigenvalue weighted by Crippen LogP contribution is -2.28. The van der Waals surface area contributed by atoms with Crippen molar-refractivity contribution in [2.24, 2.45) is 5.92 Å². The molecule has 108 valence electrons. The second-order valence-electron chi connectivity index (χ2n) is 5.22. The van der Waals surface area contributed by atoms with Crippen LogP contribution in [0.4, 0.5) is 0 Å². The topological polar surface area (TPSA) is 25.2 Å². The fourth-order valence-electron chi connectivity index (χ4n) is 2.78. The largest absolute Gasteiger partial charge is 0.466 e. The van der Waals surface area contributed by atoms with Crippen molar-refractivity contribution in [3.63, 3.8) is 0 Å². The van der Waals surface area contributed by atoms with Crippen LogP contribution in [0.15, 0.2) is 51.6 Å². The van der Waals surface area contributed by atoms with E-state index in [1.165, 1.54) is 5.56 Å². The first kappa shape index (κ1) is 15.3. The van der Waals surface area contributed by atoms with Crippen LogP contribution in [0.25, 0.3) is 0 Å². The number of halogens is 1. The van der Waals surface area contributed by atoms with E-state index in [4.69, 9.17) is 4.42 Å². The molecular weight excluding hydrogens is 314 g/mol. The first-order chi connectivity index (χ1) is 9.69. The maximum atomic E-state index is 5.71. The Labute approximate surface area is 129 Å². The molecule has 0 aliphatic carbocycles. The summed E-state index contributed by atoms with van der Waals surface area (Å²) in [7, 11) is 2.00. The average Bonchev–Trinajstić information content (AvgIpc) is 2.90. The minimum atomic E-state index is 0.164. The zero-order chi connectivity index (χ0) is 14.5. The van der Waals surface area contributed by atoms with E-state index < -0.39 is 0 Å². The highest BCUT2D eigenvalue weighted by molar-refractivity contribution is 9.10. The standard InChI is InChI=1S/C17H22BrNO/c1-4-12(2)15(13-8-6-5-7-9-13)16(19-3)17-14(18)10-11-20-17/h5-12,15-16,19H,4H2,1-3H3. The molecule has 3 atom stereocenters. The van der Waals surface area contributed by atoms with E-state index in [-0.39, 0.29) is 6.04 Å². The van der Waals surface area contributed by atoms with Gasteiger partial charge in [0.1, 0.15) is 5.76 Å². The summed E-state index contributed by atoms with van der Waals surface area (Å²) in [5.41, 5.74) is 1.35. The minimum Gasteiger partial charge on any atom is -0.466 e. The fourth-order valence-corrected chi connectivity index (χ4v) is 3.23. The number of benzene rings is 1. The van der Waals surface area contributed by atoms with Gasteiger partial charge in [-0.1, -0.05) is 50.6 Å². The molecule has 0 fully saturated rings. The van der Waals surface area contributed by atoms with Crippen LogP contribution in [0, 0.1) is 5.92 Å². The average molecular weight is 336 g/mol. The van der Waals surface area contributed by atoms with Gasteiger partial charge >= 0.3 is 0 Å². The van der Waals surface area contributed by atoms with Crippen LogP contribution in [0.3, 0.4) is 0 Å². The summed E-state index contributed by atoms with van der Waals surface area (Å²) in [4.78, 5) is 0. The molecule has 0 bridgehead atoms. The lowest BCUT2D eigenvalue weighted by molar-refractivity contribution is 0.311. The number of furan rings is 1. The lowest BCUT2D eigenvalue weighted by Gasteiger charge is -2.31. The first-order valence-electron chi connectivity index (χ1n) is 7.14. The van der Waals surface area contributed by atoms with E-state index in [0.717, 1.165) is 16.7 Å². The van der Waals surface area contributed by atoms with Crippen molar-refractivity contribution in [3.05, 3.63) is 58.5 Å². The molecule has 1 aromatic heterocycles. The summed E-state index contributed by atoms with van der Waals surface area (Å²) in [6, 6.07) is 12.8. The van der Waals surface area contributed by atoms with Crippen LogP contribution >= 0.6 is 15.9 Å². The Hall–Kier alpha value is -1.06. The van der Waals surface area contributed by atoms with E-state index in [1.807, 2.05) is 13.1 Å². The summed E-state index contributed by atoms with van der Waals surface area (Å²) in [6.45, 7) is 4.54. The molecule has 0 saturated carbocycles. The zero-order valence-electron chi connectivity index (χ0n) is 12.3. The third-order valence-electron chi connectivity index (χ3n) is 4.04. The molecule has 2 aromatic rings. The van der Waals surface area contributed by atoms with Crippen molar-refractivity contribution < 1.29 is 4.42 Å². The Morgan fingerprint density at radius 1 is 1.20 bits per heavy atom. The first-order valence-corrected chi connectivity index (χ1v) is 7.93. The number of likely N-dealkylation sites (N-methyl/N-ethyl adjacent to an activating group) is 1. The maximum Gasteiger partial charge on any atom is 0.135 e. The maximum absolute atomic E-state index is 5.71. The van der Waals surface area contributed by atoms with E-state index in [2.05, 4.69) is 65.4 Å². The molecule has 1 N–H and O–H groups in total. The second kappa shape index (κ2) is 7.09. The number of rotatable bonds is 6. The van der Waals surface area contributed by atoms with Crippen LogP contribution < -0.4 is 5.32 Å². The smallest absolute Gasteiger partial charge is 0.135 e. The van der Waals surface area contributed by atoms with Crippen molar-refractivity contribution in [2.75, 3.05) is 7.05 Å². The van der Waals surface area contributed by atoms with Crippen LogP contribution in [-0.4, -0.2) is 7.05 Å². The molecule has 3 heteroatoms. The molecule has 0 saturated heterocycles. The Bertz CT molecular complexity index is 523. The van der Waals surface area contributed by atoms with Gasteiger partial charge in [0.25, 0.3) is 0 Å². The highest BCUT2D eigenvalue weighted by Crippen LogP contribution is 2.40. The van der Waals surface area contributed by atoms with Crippen LogP contribution in [0.5, 0.6) is 0 Å². The Morgan fingerprint density at radius 3 is 2.40 bits per heavy atom. The number of hydrogen-bond acceptors (Lipinski definition) is 2. The molecule has 0 amide bonds. The van der Waals surface area contributed by atoms with Gasteiger partial charge in [-0.25, -0.2) is 0 Å². The van der Waals surface area contributed by atoms with Gasteiger partial charge in [0.05, 0.1) is 16.8 Å². The van der Waals surface area contributed by atoms with Crippen molar-refractivity contribution in [3.8, 4) is 0 Å². The van der Waals surface area contributed by atoms with Crippen molar-refractivity contribution in [1.29, 1.82) is 0 Å². The lowest BCUT2D eigenvalue weighted by atomic mass is 9.79. The zero-order valence-corrected chi connectivity index (χ0v) is 13.9. The van der Waals surface area contributed by atoms with Crippen molar-refractivity contribution >= 4 is 15.9 Å². The van der Waals surface area contributed by atoms with Gasteiger partial charge < -0.3 is 9.73 Å². The van der Waals surface area contributed by atoms with E-state index in [1.54, 1.807) is 6.26 Å². The number of hydrogen-bond donors (Lipinski definition) is 1. The molecule has 20 heavy (non-hydrogen) atoms. The monoisotopic (exact) mass is 335 g/mol. The van der Waals surface area contributed by atoms with Gasteiger partial charge in [-0.3, -0.25) is 0 Å². The fraction of sp³-hybridized carbons (Fsp3) is 0.412. The molecule has 0 aliphatic heterocycles. The summed E-state index contributed by atoms with van der Waals surface area (Å²) >= 11 is 3.59. The van der Waals surface area contributed by atoms with Gasteiger partial charge in [0, 0.05) is 5.92 Å². The highest BCUT2D eigenvalue weighted by atomic mass is 79.9. The van der Waals surface area contributed by atoms with Gasteiger partial charge in [0.15, 0.2) is 0 Å². The summed E-state index contributed by atoms with van der Waals surface area (Å²) < 4.78 is 6.73. The highest BCUT2D eigenvalue weighted by Gasteiger charge is 2.30. The molecule has 1 heterocycles. The Kier molecular flexibility index (Phi) is 5.44. The normalized spacial score (nSPS) is 15.8. The molecule has 1 aromatic carbocycles. The SMILES string of the molecule is CCC(C)C(c1ccccc1)C(NC)c1occc1Br. The second-order valence-corrected chi connectivity index (χ2v) is 6.08. The molecule has 0 spiro atoms. The summed E-state index contributed by atoms with van der Waals surface area (Å²) in [5.74, 6) is 1.92. The quantitative estimate of drug-likeness (QED) is 0.791.